The Morgan fingerprint density at radius 1 is 1.36 bits per heavy atom. The first-order chi connectivity index (χ1) is 6.43. The number of hydrogen-bond donors (Lipinski definition) is 2. The molecule has 0 aromatic heterocycles. The molecule has 14 heavy (non-hydrogen) atoms. The number of hydrogen-bond acceptors (Lipinski definition) is 2. The largest absolute Gasteiger partial charge is 0.480 e. The maximum atomic E-state index is 10.6. The Hall–Kier alpha value is -0.480. The molecule has 0 amide bonds. The minimum Gasteiger partial charge on any atom is -0.480 e. The van der Waals surface area contributed by atoms with Crippen molar-refractivity contribution < 1.29 is 9.90 Å². The molecule has 1 aromatic carbocycles. The number of benzene rings is 1. The van der Waals surface area contributed by atoms with Crippen LogP contribution in [0.5, 0.6) is 0 Å². The normalized spacial score (nSPS) is 12.6. The zero-order valence-electron chi connectivity index (χ0n) is 6.80. The summed E-state index contributed by atoms with van der Waals surface area (Å²) >= 11 is 17.2. The average molecular weight is 254 g/mol. The molecule has 0 fully saturated rings. The number of carboxylic acid groups (broad SMARTS) is 1. The predicted molar refractivity (Wildman–Crippen MR) is 56.0 cm³/mol. The van der Waals surface area contributed by atoms with Crippen LogP contribution in [0.25, 0.3) is 0 Å². The summed E-state index contributed by atoms with van der Waals surface area (Å²) in [6.07, 6.45) is 0. The fraction of sp³-hybridized carbons (Fsp3) is 0.125. The van der Waals surface area contributed by atoms with E-state index in [-0.39, 0.29) is 15.6 Å². The van der Waals surface area contributed by atoms with Gasteiger partial charge in [-0.1, -0.05) is 34.8 Å². The zero-order valence-corrected chi connectivity index (χ0v) is 9.07. The SMILES string of the molecule is NC(C(=O)O)c1cc(Cl)cc(Cl)c1Cl. The third-order valence-corrected chi connectivity index (χ3v) is 2.66. The first-order valence-corrected chi connectivity index (χ1v) is 4.69. The van der Waals surface area contributed by atoms with Crippen LogP contribution in [0.4, 0.5) is 0 Å². The summed E-state index contributed by atoms with van der Waals surface area (Å²) in [7, 11) is 0. The molecular weight excluding hydrogens is 248 g/mol. The highest BCUT2D eigenvalue weighted by Crippen LogP contribution is 2.32. The molecule has 76 valence electrons. The molecule has 1 rings (SSSR count). The Morgan fingerprint density at radius 2 is 1.93 bits per heavy atom. The van der Waals surface area contributed by atoms with Crippen LogP contribution in [0.15, 0.2) is 12.1 Å². The van der Waals surface area contributed by atoms with Crippen molar-refractivity contribution in [2.45, 2.75) is 6.04 Å². The highest BCUT2D eigenvalue weighted by atomic mass is 35.5. The van der Waals surface area contributed by atoms with E-state index in [0.717, 1.165) is 0 Å². The van der Waals surface area contributed by atoms with Crippen molar-refractivity contribution in [3.63, 3.8) is 0 Å². The van der Waals surface area contributed by atoms with Gasteiger partial charge < -0.3 is 10.8 Å². The van der Waals surface area contributed by atoms with Gasteiger partial charge in [0.15, 0.2) is 0 Å². The summed E-state index contributed by atoms with van der Waals surface area (Å²) in [5.74, 6) is -1.19. The summed E-state index contributed by atoms with van der Waals surface area (Å²) < 4.78 is 0. The van der Waals surface area contributed by atoms with Crippen molar-refractivity contribution in [1.29, 1.82) is 0 Å². The van der Waals surface area contributed by atoms with Crippen molar-refractivity contribution >= 4 is 40.8 Å². The summed E-state index contributed by atoms with van der Waals surface area (Å²) in [5.41, 5.74) is 5.58. The van der Waals surface area contributed by atoms with E-state index in [1.165, 1.54) is 12.1 Å². The quantitative estimate of drug-likeness (QED) is 0.798. The van der Waals surface area contributed by atoms with Gasteiger partial charge in [-0.15, -0.1) is 0 Å². The van der Waals surface area contributed by atoms with Gasteiger partial charge in [-0.25, -0.2) is 0 Å². The maximum Gasteiger partial charge on any atom is 0.325 e. The number of aliphatic carboxylic acids is 1. The van der Waals surface area contributed by atoms with Gasteiger partial charge in [0.1, 0.15) is 6.04 Å². The standard InChI is InChI=1S/C8H6Cl3NO2/c9-3-1-4(7(12)8(13)14)6(11)5(10)2-3/h1-2,7H,12H2,(H,13,14). The van der Waals surface area contributed by atoms with Gasteiger partial charge in [-0.2, -0.15) is 0 Å². The van der Waals surface area contributed by atoms with Crippen LogP contribution in [0.2, 0.25) is 15.1 Å². The lowest BCUT2D eigenvalue weighted by atomic mass is 10.1. The Balaban J connectivity index is 3.26. The zero-order chi connectivity index (χ0) is 10.9. The van der Waals surface area contributed by atoms with Crippen LogP contribution in [-0.2, 0) is 4.79 Å². The number of carbonyl (C=O) groups is 1. The molecular formula is C8H6Cl3NO2. The Bertz CT molecular complexity index is 381. The van der Waals surface area contributed by atoms with Gasteiger partial charge in [-0.3, -0.25) is 4.79 Å². The van der Waals surface area contributed by atoms with Crippen LogP contribution in [0.3, 0.4) is 0 Å². The Morgan fingerprint density at radius 3 is 2.43 bits per heavy atom. The maximum absolute atomic E-state index is 10.6. The highest BCUT2D eigenvalue weighted by Gasteiger charge is 2.19. The van der Waals surface area contributed by atoms with E-state index in [4.69, 9.17) is 45.6 Å². The van der Waals surface area contributed by atoms with Gasteiger partial charge in [-0.05, 0) is 12.1 Å². The van der Waals surface area contributed by atoms with Crippen LogP contribution in [-0.4, -0.2) is 11.1 Å². The molecule has 0 spiro atoms. The molecule has 0 aliphatic heterocycles. The fourth-order valence-electron chi connectivity index (χ4n) is 0.935. The van der Waals surface area contributed by atoms with Gasteiger partial charge in [0.2, 0.25) is 0 Å². The van der Waals surface area contributed by atoms with Gasteiger partial charge in [0, 0.05) is 10.6 Å². The number of nitrogens with two attached hydrogens (primary N) is 1. The first-order valence-electron chi connectivity index (χ1n) is 3.56. The minimum absolute atomic E-state index is 0.117. The molecule has 0 aliphatic carbocycles. The third kappa shape index (κ3) is 2.30. The molecule has 0 saturated heterocycles. The second-order valence-corrected chi connectivity index (χ2v) is 3.83. The van der Waals surface area contributed by atoms with Crippen molar-refractivity contribution in [2.24, 2.45) is 5.73 Å². The molecule has 1 aromatic rings. The lowest BCUT2D eigenvalue weighted by molar-refractivity contribution is -0.138. The van der Waals surface area contributed by atoms with Crippen molar-refractivity contribution in [3.8, 4) is 0 Å². The van der Waals surface area contributed by atoms with Crippen molar-refractivity contribution in [2.75, 3.05) is 0 Å². The molecule has 0 radical (unpaired) electrons. The second-order valence-electron chi connectivity index (χ2n) is 2.61. The molecule has 1 unspecified atom stereocenters. The molecule has 3 nitrogen and oxygen atoms in total. The van der Waals surface area contributed by atoms with Crippen LogP contribution < -0.4 is 5.73 Å². The summed E-state index contributed by atoms with van der Waals surface area (Å²) in [4.78, 5) is 10.6. The van der Waals surface area contributed by atoms with E-state index >= 15 is 0 Å². The van der Waals surface area contributed by atoms with Crippen molar-refractivity contribution in [3.05, 3.63) is 32.8 Å². The smallest absolute Gasteiger partial charge is 0.325 e. The average Bonchev–Trinajstić information content (AvgIpc) is 2.09. The van der Waals surface area contributed by atoms with Crippen molar-refractivity contribution in [1.82, 2.24) is 0 Å². The molecule has 6 heteroatoms. The summed E-state index contributed by atoms with van der Waals surface area (Å²) in [6.45, 7) is 0. The third-order valence-electron chi connectivity index (χ3n) is 1.62. The molecule has 0 saturated carbocycles. The van der Waals surface area contributed by atoms with Gasteiger partial charge in [0.05, 0.1) is 10.0 Å². The summed E-state index contributed by atoms with van der Waals surface area (Å²) in [5, 5.41) is 9.27. The monoisotopic (exact) mass is 253 g/mol. The number of halogens is 3. The number of carboxylic acids is 1. The molecule has 0 heterocycles. The lowest BCUT2D eigenvalue weighted by Crippen LogP contribution is -2.21. The van der Waals surface area contributed by atoms with E-state index in [1.807, 2.05) is 0 Å². The van der Waals surface area contributed by atoms with Gasteiger partial charge in [0.25, 0.3) is 0 Å². The topological polar surface area (TPSA) is 63.3 Å². The van der Waals surface area contributed by atoms with E-state index in [2.05, 4.69) is 0 Å². The van der Waals surface area contributed by atoms with Crippen LogP contribution in [0, 0.1) is 0 Å². The molecule has 0 bridgehead atoms. The van der Waals surface area contributed by atoms with E-state index < -0.39 is 12.0 Å². The predicted octanol–water partition coefficient (Wildman–Crippen LogP) is 2.73. The Kier molecular flexibility index (Phi) is 3.61. The number of rotatable bonds is 2. The molecule has 3 N–H and O–H groups in total. The van der Waals surface area contributed by atoms with E-state index in [1.54, 1.807) is 0 Å². The van der Waals surface area contributed by atoms with Crippen LogP contribution >= 0.6 is 34.8 Å². The molecule has 0 aliphatic rings. The van der Waals surface area contributed by atoms with E-state index in [0.29, 0.717) is 5.02 Å². The second kappa shape index (κ2) is 4.36. The van der Waals surface area contributed by atoms with Crippen LogP contribution in [0.1, 0.15) is 11.6 Å². The summed E-state index contributed by atoms with van der Waals surface area (Å²) in [6, 6.07) is 1.58. The minimum atomic E-state index is -1.22. The first kappa shape index (κ1) is 11.6. The van der Waals surface area contributed by atoms with Gasteiger partial charge >= 0.3 is 5.97 Å². The van der Waals surface area contributed by atoms with E-state index in [9.17, 15) is 4.79 Å². The fourth-order valence-corrected chi connectivity index (χ4v) is 1.67. The Labute approximate surface area is 95.4 Å². The highest BCUT2D eigenvalue weighted by molar-refractivity contribution is 6.43. The lowest BCUT2D eigenvalue weighted by Gasteiger charge is -2.10. The molecule has 1 atom stereocenters.